The van der Waals surface area contributed by atoms with Gasteiger partial charge in [0.1, 0.15) is 5.75 Å². The van der Waals surface area contributed by atoms with Gasteiger partial charge in [-0.2, -0.15) is 0 Å². The molecule has 5 nitrogen and oxygen atoms in total. The summed E-state index contributed by atoms with van der Waals surface area (Å²) in [5.41, 5.74) is 1.25. The SMILES string of the molecule is CC1(C)Oc2ccc(C(=O)Nc3ccc(C(=O)O)cc3)cc2S1. The van der Waals surface area contributed by atoms with Gasteiger partial charge in [-0.3, -0.25) is 4.79 Å². The molecule has 0 atom stereocenters. The minimum absolute atomic E-state index is 0.177. The lowest BCUT2D eigenvalue weighted by Gasteiger charge is -2.15. The van der Waals surface area contributed by atoms with Crippen molar-refractivity contribution in [3.8, 4) is 5.75 Å². The average molecular weight is 329 g/mol. The first-order valence-corrected chi connectivity index (χ1v) is 7.82. The Morgan fingerprint density at radius 1 is 1.09 bits per heavy atom. The fraction of sp³-hybridized carbons (Fsp3) is 0.176. The van der Waals surface area contributed by atoms with E-state index < -0.39 is 5.97 Å². The fourth-order valence-corrected chi connectivity index (χ4v) is 3.32. The molecule has 0 bridgehead atoms. The summed E-state index contributed by atoms with van der Waals surface area (Å²) in [4.78, 5) is 23.7. The summed E-state index contributed by atoms with van der Waals surface area (Å²) in [6, 6.07) is 11.3. The molecule has 0 saturated carbocycles. The van der Waals surface area contributed by atoms with Crippen molar-refractivity contribution in [2.45, 2.75) is 23.7 Å². The maximum atomic E-state index is 12.3. The van der Waals surface area contributed by atoms with Crippen LogP contribution in [0.15, 0.2) is 47.4 Å². The lowest BCUT2D eigenvalue weighted by Crippen LogP contribution is -2.17. The quantitative estimate of drug-likeness (QED) is 0.894. The number of hydrogen-bond acceptors (Lipinski definition) is 4. The van der Waals surface area contributed by atoms with E-state index in [4.69, 9.17) is 9.84 Å². The number of carboxylic acids is 1. The van der Waals surface area contributed by atoms with Crippen molar-refractivity contribution < 1.29 is 19.4 Å². The average Bonchev–Trinajstić information content (AvgIpc) is 2.80. The van der Waals surface area contributed by atoms with Crippen LogP contribution in [-0.2, 0) is 0 Å². The van der Waals surface area contributed by atoms with E-state index in [1.54, 1.807) is 42.1 Å². The molecule has 0 aromatic heterocycles. The highest BCUT2D eigenvalue weighted by atomic mass is 32.2. The zero-order valence-electron chi connectivity index (χ0n) is 12.6. The van der Waals surface area contributed by atoms with Crippen LogP contribution < -0.4 is 10.1 Å². The van der Waals surface area contributed by atoms with Crippen LogP contribution in [-0.4, -0.2) is 21.9 Å². The molecule has 1 aliphatic rings. The number of rotatable bonds is 3. The number of amides is 1. The standard InChI is InChI=1S/C17H15NO4S/c1-17(2)22-13-8-5-11(9-14(13)23-17)15(19)18-12-6-3-10(4-7-12)16(20)21/h3-9H,1-2H3,(H,18,19)(H,20,21). The van der Waals surface area contributed by atoms with E-state index in [2.05, 4.69) is 5.32 Å². The number of benzene rings is 2. The van der Waals surface area contributed by atoms with Crippen LogP contribution in [0.2, 0.25) is 0 Å². The predicted octanol–water partition coefficient (Wildman–Crippen LogP) is 3.86. The summed E-state index contributed by atoms with van der Waals surface area (Å²) in [5.74, 6) is -0.468. The molecule has 2 aromatic carbocycles. The molecule has 6 heteroatoms. The van der Waals surface area contributed by atoms with Crippen molar-refractivity contribution in [3.05, 3.63) is 53.6 Å². The Kier molecular flexibility index (Phi) is 3.77. The van der Waals surface area contributed by atoms with Gasteiger partial charge in [0.05, 0.1) is 10.5 Å². The highest BCUT2D eigenvalue weighted by Gasteiger charge is 2.31. The first-order valence-electron chi connectivity index (χ1n) is 7.01. The minimum Gasteiger partial charge on any atom is -0.478 e. The third-order valence-corrected chi connectivity index (χ3v) is 4.42. The van der Waals surface area contributed by atoms with Gasteiger partial charge < -0.3 is 15.2 Å². The van der Waals surface area contributed by atoms with Crippen LogP contribution in [0.25, 0.3) is 0 Å². The van der Waals surface area contributed by atoms with Gasteiger partial charge in [-0.15, -0.1) is 0 Å². The lowest BCUT2D eigenvalue weighted by atomic mass is 10.1. The second-order valence-electron chi connectivity index (χ2n) is 5.60. The van der Waals surface area contributed by atoms with E-state index in [9.17, 15) is 9.59 Å². The Morgan fingerprint density at radius 3 is 2.39 bits per heavy atom. The van der Waals surface area contributed by atoms with Crippen LogP contribution in [0.5, 0.6) is 5.75 Å². The van der Waals surface area contributed by atoms with Gasteiger partial charge in [0.2, 0.25) is 0 Å². The Morgan fingerprint density at radius 2 is 1.74 bits per heavy atom. The zero-order valence-corrected chi connectivity index (χ0v) is 13.4. The topological polar surface area (TPSA) is 75.6 Å². The predicted molar refractivity (Wildman–Crippen MR) is 88.4 cm³/mol. The van der Waals surface area contributed by atoms with Gasteiger partial charge in [-0.1, -0.05) is 11.8 Å². The van der Waals surface area contributed by atoms with Crippen molar-refractivity contribution in [1.82, 2.24) is 0 Å². The lowest BCUT2D eigenvalue weighted by molar-refractivity contribution is 0.0696. The normalized spacial score (nSPS) is 14.7. The van der Waals surface area contributed by atoms with Gasteiger partial charge in [-0.25, -0.2) is 4.79 Å². The number of hydrogen-bond donors (Lipinski definition) is 2. The number of fused-ring (bicyclic) bond motifs is 1. The van der Waals surface area contributed by atoms with E-state index in [0.29, 0.717) is 11.3 Å². The van der Waals surface area contributed by atoms with Gasteiger partial charge in [0.25, 0.3) is 5.91 Å². The Labute approximate surface area is 137 Å². The molecule has 1 amide bonds. The molecule has 0 radical (unpaired) electrons. The van der Waals surface area contributed by atoms with Gasteiger partial charge in [0, 0.05) is 11.3 Å². The van der Waals surface area contributed by atoms with Gasteiger partial charge in [0.15, 0.2) is 4.93 Å². The van der Waals surface area contributed by atoms with Crippen molar-refractivity contribution >= 4 is 29.3 Å². The fourth-order valence-electron chi connectivity index (χ4n) is 2.26. The molecule has 118 valence electrons. The van der Waals surface area contributed by atoms with Crippen molar-refractivity contribution in [3.63, 3.8) is 0 Å². The first kappa shape index (κ1) is 15.4. The monoisotopic (exact) mass is 329 g/mol. The number of ether oxygens (including phenoxy) is 1. The molecular formula is C17H15NO4S. The molecule has 2 N–H and O–H groups in total. The summed E-state index contributed by atoms with van der Waals surface area (Å²) < 4.78 is 5.76. The number of carboxylic acid groups (broad SMARTS) is 1. The van der Waals surface area contributed by atoms with Crippen LogP contribution in [0.3, 0.4) is 0 Å². The largest absolute Gasteiger partial charge is 0.478 e. The van der Waals surface area contributed by atoms with Crippen molar-refractivity contribution in [2.75, 3.05) is 5.32 Å². The molecule has 0 unspecified atom stereocenters. The molecule has 2 aromatic rings. The van der Waals surface area contributed by atoms with Crippen molar-refractivity contribution in [2.24, 2.45) is 0 Å². The van der Waals surface area contributed by atoms with E-state index >= 15 is 0 Å². The number of thioether (sulfide) groups is 1. The smallest absolute Gasteiger partial charge is 0.335 e. The minimum atomic E-state index is -0.999. The van der Waals surface area contributed by atoms with E-state index in [0.717, 1.165) is 10.6 Å². The summed E-state index contributed by atoms with van der Waals surface area (Å²) in [6.45, 7) is 3.95. The van der Waals surface area contributed by atoms with E-state index in [-0.39, 0.29) is 16.4 Å². The van der Waals surface area contributed by atoms with E-state index in [1.165, 1.54) is 12.1 Å². The van der Waals surface area contributed by atoms with Crippen LogP contribution in [0.4, 0.5) is 5.69 Å². The molecule has 3 rings (SSSR count). The Bertz CT molecular complexity index is 784. The van der Waals surface area contributed by atoms with Crippen LogP contribution in [0.1, 0.15) is 34.6 Å². The number of aromatic carboxylic acids is 1. The molecule has 0 aliphatic carbocycles. The summed E-state index contributed by atoms with van der Waals surface area (Å²) in [5, 5.41) is 11.6. The number of carbonyl (C=O) groups excluding carboxylic acids is 1. The Balaban J connectivity index is 1.75. The molecule has 0 fully saturated rings. The highest BCUT2D eigenvalue weighted by molar-refractivity contribution is 8.00. The summed E-state index contributed by atoms with van der Waals surface area (Å²) >= 11 is 1.57. The van der Waals surface area contributed by atoms with Crippen molar-refractivity contribution in [1.29, 1.82) is 0 Å². The molecule has 23 heavy (non-hydrogen) atoms. The number of nitrogens with one attached hydrogen (secondary N) is 1. The number of carbonyl (C=O) groups is 2. The summed E-state index contributed by atoms with van der Waals surface area (Å²) in [6.07, 6.45) is 0. The molecule has 0 spiro atoms. The molecule has 1 aliphatic heterocycles. The van der Waals surface area contributed by atoms with Crippen LogP contribution >= 0.6 is 11.8 Å². The molecule has 0 saturated heterocycles. The highest BCUT2D eigenvalue weighted by Crippen LogP contribution is 2.47. The molecular weight excluding hydrogens is 314 g/mol. The van der Waals surface area contributed by atoms with E-state index in [1.807, 2.05) is 13.8 Å². The Hall–Kier alpha value is -2.47. The maximum Gasteiger partial charge on any atom is 0.335 e. The first-order chi connectivity index (χ1) is 10.8. The van der Waals surface area contributed by atoms with Crippen LogP contribution in [0, 0.1) is 0 Å². The zero-order chi connectivity index (χ0) is 16.6. The second-order valence-corrected chi connectivity index (χ2v) is 7.23. The maximum absolute atomic E-state index is 12.3. The van der Waals surface area contributed by atoms with Gasteiger partial charge >= 0.3 is 5.97 Å². The second kappa shape index (κ2) is 5.62. The molecule has 1 heterocycles. The number of anilines is 1. The third kappa shape index (κ3) is 3.32. The van der Waals surface area contributed by atoms with Gasteiger partial charge in [-0.05, 0) is 56.3 Å². The summed E-state index contributed by atoms with van der Waals surface area (Å²) in [7, 11) is 0. The third-order valence-electron chi connectivity index (χ3n) is 3.31.